The number of carbonyl (C=O) groups is 1. The van der Waals surface area contributed by atoms with E-state index in [1.165, 1.54) is 16.5 Å². The Balaban J connectivity index is 1.59. The van der Waals surface area contributed by atoms with Gasteiger partial charge in [0.05, 0.1) is 13.2 Å². The maximum absolute atomic E-state index is 10.5. The minimum atomic E-state index is -0.908. The molecule has 27 heavy (non-hydrogen) atoms. The van der Waals surface area contributed by atoms with Gasteiger partial charge in [-0.25, -0.2) is 4.79 Å². The Morgan fingerprint density at radius 1 is 1.15 bits per heavy atom. The largest absolute Gasteiger partial charge is 0.480 e. The van der Waals surface area contributed by atoms with E-state index in [1.54, 1.807) is 0 Å². The van der Waals surface area contributed by atoms with Crippen LogP contribution >= 0.6 is 0 Å². The molecule has 0 saturated carbocycles. The molecule has 1 N–H and O–H groups in total. The third-order valence-electron chi connectivity index (χ3n) is 5.30. The van der Waals surface area contributed by atoms with Gasteiger partial charge in [0.2, 0.25) is 0 Å². The van der Waals surface area contributed by atoms with E-state index in [4.69, 9.17) is 14.6 Å². The Morgan fingerprint density at radius 3 is 2.63 bits per heavy atom. The Kier molecular flexibility index (Phi) is 7.26. The first kappa shape index (κ1) is 19.9. The van der Waals surface area contributed by atoms with Crippen LogP contribution in [0.5, 0.6) is 0 Å². The average molecular weight is 374 g/mol. The lowest BCUT2D eigenvalue weighted by molar-refractivity contribution is -0.142. The number of aliphatic carboxylic acids is 1. The van der Waals surface area contributed by atoms with Gasteiger partial charge in [-0.05, 0) is 50.4 Å². The molecule has 1 saturated heterocycles. The zero-order valence-electron chi connectivity index (χ0n) is 16.1. The second-order valence-corrected chi connectivity index (χ2v) is 7.05. The molecule has 148 valence electrons. The normalized spacial score (nSPS) is 16.2. The lowest BCUT2D eigenvalue weighted by Crippen LogP contribution is -2.35. The number of rotatable bonds is 10. The predicted molar refractivity (Wildman–Crippen MR) is 105 cm³/mol. The van der Waals surface area contributed by atoms with Gasteiger partial charge in [-0.2, -0.15) is 0 Å². The molecule has 0 spiro atoms. The molecule has 0 amide bonds. The highest BCUT2D eigenvalue weighted by atomic mass is 16.5. The number of ether oxygens (including phenoxy) is 2. The maximum atomic E-state index is 10.5. The van der Waals surface area contributed by atoms with Crippen molar-refractivity contribution in [3.63, 3.8) is 0 Å². The molecule has 1 aliphatic heterocycles. The van der Waals surface area contributed by atoms with E-state index in [2.05, 4.69) is 39.9 Å². The first-order valence-electron chi connectivity index (χ1n) is 9.86. The average Bonchev–Trinajstić information content (AvgIpc) is 3.05. The number of carboxylic acid groups (broad SMARTS) is 1. The minimum absolute atomic E-state index is 0.211. The van der Waals surface area contributed by atoms with Crippen LogP contribution in [-0.2, 0) is 20.8 Å². The molecule has 6 nitrogen and oxygen atoms in total. The van der Waals surface area contributed by atoms with Crippen molar-refractivity contribution in [1.29, 1.82) is 0 Å². The number of hydrogen-bond acceptors (Lipinski definition) is 4. The van der Waals surface area contributed by atoms with Crippen molar-refractivity contribution in [2.75, 3.05) is 46.1 Å². The van der Waals surface area contributed by atoms with Crippen molar-refractivity contribution in [1.82, 2.24) is 9.47 Å². The highest BCUT2D eigenvalue weighted by molar-refractivity contribution is 5.84. The number of likely N-dealkylation sites (tertiary alicyclic amines) is 1. The van der Waals surface area contributed by atoms with Gasteiger partial charge in [0, 0.05) is 36.8 Å². The Bertz CT molecular complexity index is 735. The Morgan fingerprint density at radius 2 is 1.89 bits per heavy atom. The highest BCUT2D eigenvalue weighted by Crippen LogP contribution is 2.34. The van der Waals surface area contributed by atoms with Crippen molar-refractivity contribution in [2.24, 2.45) is 0 Å². The molecule has 0 atom stereocenters. The van der Waals surface area contributed by atoms with Crippen molar-refractivity contribution in [3.8, 4) is 0 Å². The number of carboxylic acids is 1. The quantitative estimate of drug-likeness (QED) is 0.648. The van der Waals surface area contributed by atoms with E-state index in [1.807, 2.05) is 6.92 Å². The van der Waals surface area contributed by atoms with Gasteiger partial charge in [0.15, 0.2) is 0 Å². The summed E-state index contributed by atoms with van der Waals surface area (Å²) in [5.74, 6) is -0.339. The molecule has 0 unspecified atom stereocenters. The monoisotopic (exact) mass is 374 g/mol. The van der Waals surface area contributed by atoms with Crippen LogP contribution in [0.3, 0.4) is 0 Å². The summed E-state index contributed by atoms with van der Waals surface area (Å²) in [6.45, 7) is 7.53. The molecule has 1 aliphatic rings. The van der Waals surface area contributed by atoms with E-state index in [0.717, 1.165) is 52.2 Å². The molecular weight excluding hydrogens is 344 g/mol. The fraction of sp³-hybridized carbons (Fsp3) is 0.571. The molecule has 3 rings (SSSR count). The first-order chi connectivity index (χ1) is 13.2. The molecule has 6 heteroatoms. The third-order valence-corrected chi connectivity index (χ3v) is 5.30. The lowest BCUT2D eigenvalue weighted by atomic mass is 9.89. The summed E-state index contributed by atoms with van der Waals surface area (Å²) >= 11 is 0. The van der Waals surface area contributed by atoms with Crippen molar-refractivity contribution >= 4 is 16.9 Å². The first-order valence-corrected chi connectivity index (χ1v) is 9.86. The number of fused-ring (bicyclic) bond motifs is 1. The van der Waals surface area contributed by atoms with Crippen LogP contribution in [0, 0.1) is 0 Å². The van der Waals surface area contributed by atoms with E-state index in [0.29, 0.717) is 12.5 Å². The fourth-order valence-corrected chi connectivity index (χ4v) is 3.91. The molecule has 2 aromatic rings. The lowest BCUT2D eigenvalue weighted by Gasteiger charge is -2.31. The summed E-state index contributed by atoms with van der Waals surface area (Å²) in [7, 11) is 0. The molecule has 0 bridgehead atoms. The van der Waals surface area contributed by atoms with Crippen LogP contribution in [-0.4, -0.2) is 66.6 Å². The summed E-state index contributed by atoms with van der Waals surface area (Å²) in [5.41, 5.74) is 2.74. The van der Waals surface area contributed by atoms with Gasteiger partial charge in [-0.1, -0.05) is 18.2 Å². The zero-order valence-corrected chi connectivity index (χ0v) is 16.1. The summed E-state index contributed by atoms with van der Waals surface area (Å²) in [4.78, 5) is 12.9. The van der Waals surface area contributed by atoms with Crippen molar-refractivity contribution in [2.45, 2.75) is 32.2 Å². The SMILES string of the molecule is CCOCCn1cc(C2CCN(CCOCC(=O)O)CC2)c2ccccc21. The van der Waals surface area contributed by atoms with Crippen LogP contribution < -0.4 is 0 Å². The van der Waals surface area contributed by atoms with E-state index in [-0.39, 0.29) is 6.61 Å². The van der Waals surface area contributed by atoms with E-state index >= 15 is 0 Å². The predicted octanol–water partition coefficient (Wildman–Crippen LogP) is 2.96. The number of piperidine rings is 1. The van der Waals surface area contributed by atoms with Gasteiger partial charge < -0.3 is 24.0 Å². The molecule has 0 radical (unpaired) electrons. The topological polar surface area (TPSA) is 63.9 Å². The smallest absolute Gasteiger partial charge is 0.329 e. The number of hydrogen-bond donors (Lipinski definition) is 1. The van der Waals surface area contributed by atoms with Crippen LogP contribution in [0.25, 0.3) is 10.9 Å². The highest BCUT2D eigenvalue weighted by Gasteiger charge is 2.23. The van der Waals surface area contributed by atoms with E-state index in [9.17, 15) is 4.79 Å². The summed E-state index contributed by atoms with van der Waals surface area (Å²) < 4.78 is 13.0. The zero-order chi connectivity index (χ0) is 19.1. The van der Waals surface area contributed by atoms with Gasteiger partial charge in [-0.15, -0.1) is 0 Å². The third kappa shape index (κ3) is 5.31. The summed E-state index contributed by atoms with van der Waals surface area (Å²) in [5, 5.41) is 9.98. The minimum Gasteiger partial charge on any atom is -0.480 e. The second kappa shape index (κ2) is 9.88. The Hall–Kier alpha value is -1.89. The standard InChI is InChI=1S/C21H30N2O4/c1-2-26-14-12-23-15-19(18-5-3-4-6-20(18)23)17-7-9-22(10-8-17)11-13-27-16-21(24)25/h3-6,15,17H,2,7-14,16H2,1H3,(H,24,25). The van der Waals surface area contributed by atoms with E-state index < -0.39 is 5.97 Å². The molecule has 1 aromatic carbocycles. The van der Waals surface area contributed by atoms with Gasteiger partial charge in [0.25, 0.3) is 0 Å². The van der Waals surface area contributed by atoms with Crippen LogP contribution in [0.15, 0.2) is 30.5 Å². The maximum Gasteiger partial charge on any atom is 0.329 e. The number of aromatic nitrogens is 1. The van der Waals surface area contributed by atoms with Crippen LogP contribution in [0.2, 0.25) is 0 Å². The van der Waals surface area contributed by atoms with Gasteiger partial charge >= 0.3 is 5.97 Å². The number of para-hydroxylation sites is 1. The van der Waals surface area contributed by atoms with Gasteiger partial charge in [-0.3, -0.25) is 0 Å². The second-order valence-electron chi connectivity index (χ2n) is 7.05. The number of nitrogens with zero attached hydrogens (tertiary/aromatic N) is 2. The van der Waals surface area contributed by atoms with Gasteiger partial charge in [0.1, 0.15) is 6.61 Å². The molecular formula is C21H30N2O4. The summed E-state index contributed by atoms with van der Waals surface area (Å²) in [6.07, 6.45) is 4.57. The van der Waals surface area contributed by atoms with Crippen molar-refractivity contribution < 1.29 is 19.4 Å². The van der Waals surface area contributed by atoms with Crippen LogP contribution in [0.1, 0.15) is 31.2 Å². The molecule has 0 aliphatic carbocycles. The Labute approximate surface area is 160 Å². The number of benzene rings is 1. The van der Waals surface area contributed by atoms with Crippen molar-refractivity contribution in [3.05, 3.63) is 36.0 Å². The molecule has 1 aromatic heterocycles. The molecule has 2 heterocycles. The molecule has 1 fully saturated rings. The van der Waals surface area contributed by atoms with Crippen LogP contribution in [0.4, 0.5) is 0 Å². The summed E-state index contributed by atoms with van der Waals surface area (Å²) in [6, 6.07) is 8.64. The fourth-order valence-electron chi connectivity index (χ4n) is 3.91.